The molecule has 17 heavy (non-hydrogen) atoms. The number of para-hydroxylation sites is 1. The summed E-state index contributed by atoms with van der Waals surface area (Å²) in [6.07, 6.45) is 0. The third kappa shape index (κ3) is 2.68. The first-order chi connectivity index (χ1) is 7.74. The third-order valence-electron chi connectivity index (χ3n) is 2.00. The third-order valence-corrected chi connectivity index (χ3v) is 3.01. The Hall–Kier alpha value is -1.31. The molecule has 1 heterocycles. The summed E-state index contributed by atoms with van der Waals surface area (Å²) in [6, 6.07) is 4.76. The highest BCUT2D eigenvalue weighted by Gasteiger charge is 2.18. The molecule has 0 saturated carbocycles. The quantitative estimate of drug-likeness (QED) is 0.522. The standard InChI is InChI=1S/C9H9N3O3S.ClH/c10-4-5-16-9-6-2-1-3-7(12(13)14)8(6)15-11-9;/h1-3H,4-5,10H2;1H. The van der Waals surface area contributed by atoms with Crippen molar-refractivity contribution < 1.29 is 9.45 Å². The summed E-state index contributed by atoms with van der Waals surface area (Å²) < 4.78 is 4.99. The largest absolute Gasteiger partial charge is 0.348 e. The number of nitro benzene ring substituents is 1. The molecular weight excluding hydrogens is 266 g/mol. The number of hydrogen-bond donors (Lipinski definition) is 1. The summed E-state index contributed by atoms with van der Waals surface area (Å²) in [7, 11) is 0. The van der Waals surface area contributed by atoms with Crippen molar-refractivity contribution in [1.29, 1.82) is 0 Å². The number of nitro groups is 1. The fraction of sp³-hybridized carbons (Fsp3) is 0.222. The number of hydrogen-bond acceptors (Lipinski definition) is 6. The SMILES string of the molecule is Cl.NCCSc1noc2c([N+](=O)[O-])cccc12. The Morgan fingerprint density at radius 1 is 1.53 bits per heavy atom. The molecule has 2 rings (SSSR count). The van der Waals surface area contributed by atoms with E-state index in [-0.39, 0.29) is 23.7 Å². The zero-order valence-corrected chi connectivity index (χ0v) is 10.3. The Morgan fingerprint density at radius 3 is 2.94 bits per heavy atom. The maximum atomic E-state index is 10.7. The molecule has 8 heteroatoms. The average Bonchev–Trinajstić information content (AvgIpc) is 2.69. The molecule has 0 fully saturated rings. The van der Waals surface area contributed by atoms with Crippen LogP contribution >= 0.6 is 24.2 Å². The maximum absolute atomic E-state index is 10.7. The van der Waals surface area contributed by atoms with Crippen LogP contribution in [-0.4, -0.2) is 22.4 Å². The van der Waals surface area contributed by atoms with E-state index >= 15 is 0 Å². The Morgan fingerprint density at radius 2 is 2.29 bits per heavy atom. The van der Waals surface area contributed by atoms with Gasteiger partial charge in [0.05, 0.1) is 10.3 Å². The van der Waals surface area contributed by atoms with Crippen LogP contribution < -0.4 is 5.73 Å². The first-order valence-corrected chi connectivity index (χ1v) is 5.58. The van der Waals surface area contributed by atoms with Gasteiger partial charge in [0, 0.05) is 18.4 Å². The van der Waals surface area contributed by atoms with Crippen molar-refractivity contribution in [1.82, 2.24) is 5.16 Å². The highest BCUT2D eigenvalue weighted by atomic mass is 35.5. The van der Waals surface area contributed by atoms with Gasteiger partial charge in [0.1, 0.15) is 5.03 Å². The van der Waals surface area contributed by atoms with E-state index in [1.54, 1.807) is 12.1 Å². The molecule has 1 aromatic carbocycles. The lowest BCUT2D eigenvalue weighted by Crippen LogP contribution is -2.00. The van der Waals surface area contributed by atoms with Crippen molar-refractivity contribution in [2.24, 2.45) is 5.73 Å². The Balaban J connectivity index is 0.00000144. The summed E-state index contributed by atoms with van der Waals surface area (Å²) >= 11 is 1.42. The lowest BCUT2D eigenvalue weighted by Gasteiger charge is -1.93. The molecule has 0 spiro atoms. The van der Waals surface area contributed by atoms with E-state index in [9.17, 15) is 10.1 Å². The minimum absolute atomic E-state index is 0. The number of fused-ring (bicyclic) bond motifs is 1. The van der Waals surface area contributed by atoms with Crippen LogP contribution in [0.5, 0.6) is 0 Å². The van der Waals surface area contributed by atoms with Crippen LogP contribution in [0.3, 0.4) is 0 Å². The number of rotatable bonds is 4. The lowest BCUT2D eigenvalue weighted by molar-refractivity contribution is -0.383. The van der Waals surface area contributed by atoms with E-state index in [1.807, 2.05) is 0 Å². The van der Waals surface area contributed by atoms with Gasteiger partial charge in [0.2, 0.25) is 5.58 Å². The lowest BCUT2D eigenvalue weighted by atomic mass is 10.2. The van der Waals surface area contributed by atoms with Crippen molar-refractivity contribution in [2.45, 2.75) is 5.03 Å². The first kappa shape index (κ1) is 13.8. The number of halogens is 1. The smallest absolute Gasteiger partial charge is 0.315 e. The minimum atomic E-state index is -0.481. The van der Waals surface area contributed by atoms with E-state index < -0.39 is 4.92 Å². The van der Waals surface area contributed by atoms with Crippen LogP contribution in [-0.2, 0) is 0 Å². The van der Waals surface area contributed by atoms with Gasteiger partial charge in [-0.2, -0.15) is 0 Å². The van der Waals surface area contributed by atoms with Crippen molar-refractivity contribution in [2.75, 3.05) is 12.3 Å². The number of nitrogens with two attached hydrogens (primary N) is 1. The zero-order valence-electron chi connectivity index (χ0n) is 8.66. The average molecular weight is 276 g/mol. The predicted molar refractivity (Wildman–Crippen MR) is 67.7 cm³/mol. The number of benzene rings is 1. The zero-order chi connectivity index (χ0) is 11.5. The molecule has 0 bridgehead atoms. The fourth-order valence-electron chi connectivity index (χ4n) is 1.33. The minimum Gasteiger partial charge on any atom is -0.348 e. The van der Waals surface area contributed by atoms with Crippen LogP contribution in [0.25, 0.3) is 11.0 Å². The van der Waals surface area contributed by atoms with Gasteiger partial charge in [-0.25, -0.2) is 0 Å². The summed E-state index contributed by atoms with van der Waals surface area (Å²) in [4.78, 5) is 10.2. The second-order valence-electron chi connectivity index (χ2n) is 3.04. The number of non-ortho nitro benzene ring substituents is 1. The maximum Gasteiger partial charge on any atom is 0.315 e. The summed E-state index contributed by atoms with van der Waals surface area (Å²) in [5.74, 6) is 0.699. The van der Waals surface area contributed by atoms with E-state index in [2.05, 4.69) is 5.16 Å². The molecule has 0 saturated heterocycles. The van der Waals surface area contributed by atoms with Gasteiger partial charge < -0.3 is 10.3 Å². The topological polar surface area (TPSA) is 95.2 Å². The van der Waals surface area contributed by atoms with Gasteiger partial charge in [0.25, 0.3) is 0 Å². The van der Waals surface area contributed by atoms with Crippen LogP contribution in [0.15, 0.2) is 27.7 Å². The second kappa shape index (κ2) is 5.85. The van der Waals surface area contributed by atoms with Gasteiger partial charge in [0.15, 0.2) is 0 Å². The van der Waals surface area contributed by atoms with Crippen LogP contribution in [0.2, 0.25) is 0 Å². The van der Waals surface area contributed by atoms with E-state index in [0.717, 1.165) is 0 Å². The predicted octanol–water partition coefficient (Wildman–Crippen LogP) is 2.21. The molecule has 0 radical (unpaired) electrons. The van der Waals surface area contributed by atoms with Gasteiger partial charge >= 0.3 is 5.69 Å². The van der Waals surface area contributed by atoms with Gasteiger partial charge in [-0.15, -0.1) is 24.2 Å². The Labute approximate surface area is 107 Å². The Bertz CT molecular complexity index is 531. The molecule has 0 aliphatic carbocycles. The van der Waals surface area contributed by atoms with Crippen LogP contribution in [0, 0.1) is 10.1 Å². The van der Waals surface area contributed by atoms with Crippen molar-refractivity contribution in [3.63, 3.8) is 0 Å². The van der Waals surface area contributed by atoms with Crippen molar-refractivity contribution in [3.05, 3.63) is 28.3 Å². The summed E-state index contributed by atoms with van der Waals surface area (Å²) in [5, 5.41) is 15.8. The fourth-order valence-corrected chi connectivity index (χ4v) is 2.05. The van der Waals surface area contributed by atoms with Gasteiger partial charge in [-0.1, -0.05) is 11.2 Å². The van der Waals surface area contributed by atoms with Crippen molar-refractivity contribution >= 4 is 40.8 Å². The highest BCUT2D eigenvalue weighted by Crippen LogP contribution is 2.32. The molecule has 6 nitrogen and oxygen atoms in total. The number of aromatic nitrogens is 1. The number of thioether (sulfide) groups is 1. The molecule has 0 aliphatic heterocycles. The molecule has 2 aromatic rings. The normalized spacial score (nSPS) is 10.2. The van der Waals surface area contributed by atoms with E-state index in [0.29, 0.717) is 22.7 Å². The highest BCUT2D eigenvalue weighted by molar-refractivity contribution is 7.99. The molecule has 0 unspecified atom stereocenters. The molecule has 2 N–H and O–H groups in total. The first-order valence-electron chi connectivity index (χ1n) is 4.59. The van der Waals surface area contributed by atoms with Gasteiger partial charge in [-0.05, 0) is 6.07 Å². The molecular formula is C9H10ClN3O3S. The second-order valence-corrected chi connectivity index (χ2v) is 4.12. The molecule has 0 amide bonds. The van der Waals surface area contributed by atoms with E-state index in [4.69, 9.17) is 10.3 Å². The Kier molecular flexibility index (Phi) is 4.73. The molecule has 0 atom stereocenters. The summed E-state index contributed by atoms with van der Waals surface area (Å²) in [5.41, 5.74) is 5.53. The molecule has 1 aromatic heterocycles. The number of nitrogens with zero attached hydrogens (tertiary/aromatic N) is 2. The van der Waals surface area contributed by atoms with E-state index in [1.165, 1.54) is 17.8 Å². The summed E-state index contributed by atoms with van der Waals surface area (Å²) in [6.45, 7) is 0.522. The van der Waals surface area contributed by atoms with Crippen molar-refractivity contribution in [3.8, 4) is 0 Å². The van der Waals surface area contributed by atoms with Gasteiger partial charge in [-0.3, -0.25) is 10.1 Å². The molecule has 92 valence electrons. The van der Waals surface area contributed by atoms with Crippen LogP contribution in [0.4, 0.5) is 5.69 Å². The molecule has 0 aliphatic rings. The van der Waals surface area contributed by atoms with Crippen LogP contribution in [0.1, 0.15) is 0 Å². The monoisotopic (exact) mass is 275 g/mol.